The maximum absolute atomic E-state index is 8.65. The highest BCUT2D eigenvalue weighted by molar-refractivity contribution is 6.47. The van der Waals surface area contributed by atoms with Crippen LogP contribution in [0.2, 0.25) is 0 Å². The lowest BCUT2D eigenvalue weighted by atomic mass is 9.78. The predicted molar refractivity (Wildman–Crippen MR) is 52.6 cm³/mol. The molecule has 0 aromatic heterocycles. The summed E-state index contributed by atoms with van der Waals surface area (Å²) in [5, 5.41) is 17.3. The Kier molecular flexibility index (Phi) is 5.26. The van der Waals surface area contributed by atoms with Crippen molar-refractivity contribution in [2.45, 2.75) is 40.0 Å². The maximum Gasteiger partial charge on any atom is 0.480 e. The molecule has 0 amide bonds. The Morgan fingerprint density at radius 2 is 1.92 bits per heavy atom. The normalized spacial score (nSPS) is 16.4. The van der Waals surface area contributed by atoms with Crippen LogP contribution in [0.15, 0.2) is 12.1 Å². The van der Waals surface area contributed by atoms with Gasteiger partial charge in [0.1, 0.15) is 0 Å². The summed E-state index contributed by atoms with van der Waals surface area (Å²) in [6.45, 7) is 6.39. The first-order chi connectivity index (χ1) is 5.54. The first kappa shape index (κ1) is 11.7. The van der Waals surface area contributed by atoms with E-state index in [1.165, 1.54) is 5.98 Å². The zero-order chi connectivity index (χ0) is 9.61. The van der Waals surface area contributed by atoms with Gasteiger partial charge in [-0.2, -0.15) is 0 Å². The molecule has 0 radical (unpaired) electrons. The van der Waals surface area contributed by atoms with Crippen molar-refractivity contribution in [1.82, 2.24) is 0 Å². The summed E-state index contributed by atoms with van der Waals surface area (Å²) >= 11 is 0. The zero-order valence-corrected chi connectivity index (χ0v) is 8.25. The van der Waals surface area contributed by atoms with Crippen LogP contribution < -0.4 is 0 Å². The molecule has 0 aliphatic rings. The largest absolute Gasteiger partial charge is 0.480 e. The van der Waals surface area contributed by atoms with E-state index < -0.39 is 7.12 Å². The Balaban J connectivity index is 4.12. The van der Waals surface area contributed by atoms with Gasteiger partial charge in [-0.3, -0.25) is 0 Å². The molecule has 3 heteroatoms. The predicted octanol–water partition coefficient (Wildman–Crippen LogP) is 1.77. The van der Waals surface area contributed by atoms with Crippen molar-refractivity contribution in [3.05, 3.63) is 12.1 Å². The smallest absolute Gasteiger partial charge is 0.424 e. The van der Waals surface area contributed by atoms with E-state index in [1.807, 2.05) is 6.08 Å². The van der Waals surface area contributed by atoms with Crippen molar-refractivity contribution in [3.63, 3.8) is 0 Å². The number of hydrogen-bond donors (Lipinski definition) is 2. The fourth-order valence-electron chi connectivity index (χ4n) is 1.27. The van der Waals surface area contributed by atoms with E-state index >= 15 is 0 Å². The zero-order valence-electron chi connectivity index (χ0n) is 8.25. The van der Waals surface area contributed by atoms with E-state index in [2.05, 4.69) is 20.8 Å². The highest BCUT2D eigenvalue weighted by Crippen LogP contribution is 2.28. The van der Waals surface area contributed by atoms with Gasteiger partial charge in [0.25, 0.3) is 0 Å². The van der Waals surface area contributed by atoms with Crippen LogP contribution in [0.25, 0.3) is 0 Å². The van der Waals surface area contributed by atoms with E-state index in [0.717, 1.165) is 19.3 Å². The van der Waals surface area contributed by atoms with Gasteiger partial charge in [0, 0.05) is 0 Å². The topological polar surface area (TPSA) is 40.5 Å². The first-order valence-electron chi connectivity index (χ1n) is 4.59. The fraction of sp³-hybridized carbons (Fsp3) is 0.778. The van der Waals surface area contributed by atoms with Gasteiger partial charge in [0.05, 0.1) is 0 Å². The Hall–Kier alpha value is -0.275. The van der Waals surface area contributed by atoms with Gasteiger partial charge < -0.3 is 10.0 Å². The van der Waals surface area contributed by atoms with E-state index in [0.29, 0.717) is 0 Å². The second-order valence-electron chi connectivity index (χ2n) is 3.53. The molecule has 0 aliphatic carbocycles. The highest BCUT2D eigenvalue weighted by Gasteiger charge is 2.17. The molecule has 0 saturated carbocycles. The SMILES string of the molecule is CCCC(C)(C=CB(O)O)CC. The molecular formula is C9H19BO2. The molecular weight excluding hydrogens is 151 g/mol. The summed E-state index contributed by atoms with van der Waals surface area (Å²) < 4.78 is 0. The third-order valence-corrected chi connectivity index (χ3v) is 2.30. The molecule has 70 valence electrons. The van der Waals surface area contributed by atoms with Crippen LogP contribution in [0.3, 0.4) is 0 Å². The molecule has 0 aromatic carbocycles. The first-order valence-corrected chi connectivity index (χ1v) is 4.59. The third kappa shape index (κ3) is 4.57. The van der Waals surface area contributed by atoms with Gasteiger partial charge in [0.2, 0.25) is 0 Å². The molecule has 0 bridgehead atoms. The number of hydrogen-bond acceptors (Lipinski definition) is 2. The van der Waals surface area contributed by atoms with Gasteiger partial charge in [-0.15, -0.1) is 0 Å². The van der Waals surface area contributed by atoms with Crippen LogP contribution >= 0.6 is 0 Å². The maximum atomic E-state index is 8.65. The Morgan fingerprint density at radius 1 is 1.33 bits per heavy atom. The summed E-state index contributed by atoms with van der Waals surface area (Å²) in [6, 6.07) is 0. The lowest BCUT2D eigenvalue weighted by Crippen LogP contribution is -2.14. The van der Waals surface area contributed by atoms with E-state index in [1.54, 1.807) is 0 Å². The molecule has 0 fully saturated rings. The van der Waals surface area contributed by atoms with Gasteiger partial charge in [-0.05, 0) is 18.3 Å². The van der Waals surface area contributed by atoms with Crippen molar-refractivity contribution in [1.29, 1.82) is 0 Å². The number of allylic oxidation sites excluding steroid dienone is 1. The third-order valence-electron chi connectivity index (χ3n) is 2.30. The quantitative estimate of drug-likeness (QED) is 0.617. The molecule has 1 atom stereocenters. The average molecular weight is 170 g/mol. The average Bonchev–Trinajstić information content (AvgIpc) is 2.02. The molecule has 1 unspecified atom stereocenters. The lowest BCUT2D eigenvalue weighted by Gasteiger charge is -2.23. The van der Waals surface area contributed by atoms with Crippen LogP contribution in [-0.4, -0.2) is 17.2 Å². The summed E-state index contributed by atoms with van der Waals surface area (Å²) in [6.07, 6.45) is 5.15. The van der Waals surface area contributed by atoms with E-state index in [9.17, 15) is 0 Å². The summed E-state index contributed by atoms with van der Waals surface area (Å²) in [5.41, 5.74) is 0.123. The van der Waals surface area contributed by atoms with Crippen LogP contribution in [0, 0.1) is 5.41 Å². The molecule has 0 aromatic rings. The molecule has 0 spiro atoms. The Labute approximate surface area is 75.5 Å². The van der Waals surface area contributed by atoms with Gasteiger partial charge in [0.15, 0.2) is 0 Å². The molecule has 2 nitrogen and oxygen atoms in total. The van der Waals surface area contributed by atoms with Crippen molar-refractivity contribution in [2.24, 2.45) is 5.41 Å². The van der Waals surface area contributed by atoms with E-state index in [-0.39, 0.29) is 5.41 Å². The Morgan fingerprint density at radius 3 is 2.25 bits per heavy atom. The van der Waals surface area contributed by atoms with Crippen LogP contribution in [-0.2, 0) is 0 Å². The molecule has 0 heterocycles. The highest BCUT2D eigenvalue weighted by atomic mass is 16.4. The van der Waals surface area contributed by atoms with Crippen LogP contribution in [0.4, 0.5) is 0 Å². The number of rotatable bonds is 5. The Bertz CT molecular complexity index is 145. The molecule has 12 heavy (non-hydrogen) atoms. The van der Waals surface area contributed by atoms with Crippen molar-refractivity contribution in [2.75, 3.05) is 0 Å². The van der Waals surface area contributed by atoms with Crippen LogP contribution in [0.1, 0.15) is 40.0 Å². The van der Waals surface area contributed by atoms with Crippen molar-refractivity contribution >= 4 is 7.12 Å². The van der Waals surface area contributed by atoms with Crippen molar-refractivity contribution in [3.8, 4) is 0 Å². The lowest BCUT2D eigenvalue weighted by molar-refractivity contribution is 0.370. The second-order valence-corrected chi connectivity index (χ2v) is 3.53. The van der Waals surface area contributed by atoms with Gasteiger partial charge >= 0.3 is 7.12 Å². The van der Waals surface area contributed by atoms with E-state index in [4.69, 9.17) is 10.0 Å². The van der Waals surface area contributed by atoms with Crippen LogP contribution in [0.5, 0.6) is 0 Å². The molecule has 0 rings (SSSR count). The standard InChI is InChI=1S/C9H19BO2/c1-4-6-9(3,5-2)7-8-10(11)12/h7-8,11-12H,4-6H2,1-3H3. The van der Waals surface area contributed by atoms with Crippen molar-refractivity contribution < 1.29 is 10.0 Å². The van der Waals surface area contributed by atoms with Gasteiger partial charge in [-0.25, -0.2) is 0 Å². The molecule has 2 N–H and O–H groups in total. The summed E-state index contributed by atoms with van der Waals surface area (Å²) in [4.78, 5) is 0. The molecule has 0 aliphatic heterocycles. The summed E-state index contributed by atoms with van der Waals surface area (Å²) in [7, 11) is -1.31. The minimum absolute atomic E-state index is 0.123. The second kappa shape index (κ2) is 5.38. The minimum atomic E-state index is -1.31. The minimum Gasteiger partial charge on any atom is -0.424 e. The summed E-state index contributed by atoms with van der Waals surface area (Å²) in [5.74, 6) is 1.44. The molecule has 0 saturated heterocycles. The monoisotopic (exact) mass is 170 g/mol. The van der Waals surface area contributed by atoms with Gasteiger partial charge in [-0.1, -0.05) is 39.2 Å². The fourth-order valence-corrected chi connectivity index (χ4v) is 1.27.